The molecule has 2 heterocycles. The highest BCUT2D eigenvalue weighted by Crippen LogP contribution is 2.13. The summed E-state index contributed by atoms with van der Waals surface area (Å²) < 4.78 is 12.9. The van der Waals surface area contributed by atoms with E-state index in [0.29, 0.717) is 0 Å². The molecule has 0 aliphatic carbocycles. The first kappa shape index (κ1) is 10.5. The molecule has 1 fully saturated rings. The maximum Gasteiger partial charge on any atom is 0.141 e. The molecule has 0 amide bonds. The molecule has 3 nitrogen and oxygen atoms in total. The van der Waals surface area contributed by atoms with Crippen molar-refractivity contribution < 1.29 is 9.50 Å². The van der Waals surface area contributed by atoms with Gasteiger partial charge in [0.2, 0.25) is 0 Å². The lowest BCUT2D eigenvalue weighted by Gasteiger charge is -2.29. The Labute approximate surface area is 88.6 Å². The summed E-state index contributed by atoms with van der Waals surface area (Å²) in [4.78, 5) is 6.03. The van der Waals surface area contributed by atoms with Crippen LogP contribution in [0.1, 0.15) is 18.4 Å². The van der Waals surface area contributed by atoms with E-state index >= 15 is 0 Å². The van der Waals surface area contributed by atoms with Gasteiger partial charge in [0.15, 0.2) is 0 Å². The Kier molecular flexibility index (Phi) is 3.28. The van der Waals surface area contributed by atoms with Crippen LogP contribution >= 0.6 is 0 Å². The molecule has 1 aliphatic rings. The van der Waals surface area contributed by atoms with Crippen LogP contribution in [0.2, 0.25) is 0 Å². The largest absolute Gasteiger partial charge is 0.393 e. The van der Waals surface area contributed by atoms with E-state index in [-0.39, 0.29) is 11.9 Å². The van der Waals surface area contributed by atoms with Gasteiger partial charge in [-0.25, -0.2) is 4.39 Å². The van der Waals surface area contributed by atoms with Gasteiger partial charge in [-0.1, -0.05) is 0 Å². The normalized spacial score (nSPS) is 19.3. The second kappa shape index (κ2) is 4.68. The Morgan fingerprint density at radius 2 is 2.13 bits per heavy atom. The molecule has 0 unspecified atom stereocenters. The highest BCUT2D eigenvalue weighted by molar-refractivity contribution is 5.10. The van der Waals surface area contributed by atoms with Gasteiger partial charge in [-0.15, -0.1) is 0 Å². The number of likely N-dealkylation sites (tertiary alicyclic amines) is 1. The molecule has 4 heteroatoms. The SMILES string of the molecule is OC1CCN(Cc2cncc(F)c2)CC1. The predicted octanol–water partition coefficient (Wildman–Crippen LogP) is 1.18. The van der Waals surface area contributed by atoms with Crippen LogP contribution in [-0.2, 0) is 6.54 Å². The molecule has 1 N–H and O–H groups in total. The summed E-state index contributed by atoms with van der Waals surface area (Å²) in [5, 5.41) is 9.34. The molecule has 0 saturated carbocycles. The number of hydrogen-bond donors (Lipinski definition) is 1. The van der Waals surface area contributed by atoms with Crippen LogP contribution < -0.4 is 0 Å². The van der Waals surface area contributed by atoms with E-state index in [1.54, 1.807) is 6.20 Å². The van der Waals surface area contributed by atoms with Gasteiger partial charge in [0, 0.05) is 25.8 Å². The minimum absolute atomic E-state index is 0.160. The Morgan fingerprint density at radius 3 is 2.80 bits per heavy atom. The summed E-state index contributed by atoms with van der Waals surface area (Å²) in [5.74, 6) is -0.287. The Balaban J connectivity index is 1.92. The number of pyridine rings is 1. The number of piperidine rings is 1. The first-order valence-corrected chi connectivity index (χ1v) is 5.24. The molecule has 0 aromatic carbocycles. The molecule has 1 aliphatic heterocycles. The summed E-state index contributed by atoms with van der Waals surface area (Å²) in [5.41, 5.74) is 0.895. The van der Waals surface area contributed by atoms with Crippen molar-refractivity contribution >= 4 is 0 Å². The fourth-order valence-electron chi connectivity index (χ4n) is 1.88. The third-order valence-electron chi connectivity index (χ3n) is 2.72. The average molecular weight is 210 g/mol. The number of aliphatic hydroxyl groups excluding tert-OH is 1. The Morgan fingerprint density at radius 1 is 1.40 bits per heavy atom. The first-order chi connectivity index (χ1) is 7.24. The van der Waals surface area contributed by atoms with Gasteiger partial charge in [0.1, 0.15) is 5.82 Å². The van der Waals surface area contributed by atoms with Gasteiger partial charge >= 0.3 is 0 Å². The molecule has 15 heavy (non-hydrogen) atoms. The highest BCUT2D eigenvalue weighted by atomic mass is 19.1. The van der Waals surface area contributed by atoms with Crippen LogP contribution in [0.25, 0.3) is 0 Å². The van der Waals surface area contributed by atoms with E-state index in [2.05, 4.69) is 9.88 Å². The van der Waals surface area contributed by atoms with Crippen molar-refractivity contribution in [1.82, 2.24) is 9.88 Å². The van der Waals surface area contributed by atoms with Crippen LogP contribution in [-0.4, -0.2) is 34.2 Å². The molecule has 0 atom stereocenters. The predicted molar refractivity (Wildman–Crippen MR) is 54.7 cm³/mol. The fourth-order valence-corrected chi connectivity index (χ4v) is 1.88. The van der Waals surface area contributed by atoms with Crippen molar-refractivity contribution in [2.24, 2.45) is 0 Å². The number of aromatic nitrogens is 1. The van der Waals surface area contributed by atoms with Gasteiger partial charge in [0.05, 0.1) is 12.3 Å². The smallest absolute Gasteiger partial charge is 0.141 e. The first-order valence-electron chi connectivity index (χ1n) is 5.24. The third kappa shape index (κ3) is 2.97. The van der Waals surface area contributed by atoms with Gasteiger partial charge in [-0.2, -0.15) is 0 Å². The van der Waals surface area contributed by atoms with Crippen LogP contribution in [0.15, 0.2) is 18.5 Å². The van der Waals surface area contributed by atoms with Crippen LogP contribution in [0.5, 0.6) is 0 Å². The Bertz CT molecular complexity index is 324. The number of halogens is 1. The summed E-state index contributed by atoms with van der Waals surface area (Å²) in [6, 6.07) is 1.51. The number of hydrogen-bond acceptors (Lipinski definition) is 3. The summed E-state index contributed by atoms with van der Waals surface area (Å²) in [6.07, 6.45) is 4.36. The maximum absolute atomic E-state index is 12.9. The van der Waals surface area contributed by atoms with Crippen LogP contribution in [0, 0.1) is 5.82 Å². The van der Waals surface area contributed by atoms with E-state index < -0.39 is 0 Å². The lowest BCUT2D eigenvalue weighted by molar-refractivity contribution is 0.0791. The highest BCUT2D eigenvalue weighted by Gasteiger charge is 2.16. The standard InChI is InChI=1S/C11H15FN2O/c12-10-5-9(6-13-7-10)8-14-3-1-11(15)2-4-14/h5-7,11,15H,1-4,8H2. The molecule has 2 rings (SSSR count). The number of rotatable bonds is 2. The molecule has 0 spiro atoms. The molecule has 1 saturated heterocycles. The lowest BCUT2D eigenvalue weighted by atomic mass is 10.1. The quantitative estimate of drug-likeness (QED) is 0.796. The fraction of sp³-hybridized carbons (Fsp3) is 0.545. The maximum atomic E-state index is 12.9. The van der Waals surface area contributed by atoms with Crippen LogP contribution in [0.3, 0.4) is 0 Å². The van der Waals surface area contributed by atoms with Gasteiger partial charge in [0.25, 0.3) is 0 Å². The summed E-state index contributed by atoms with van der Waals surface area (Å²) in [7, 11) is 0. The van der Waals surface area contributed by atoms with E-state index in [9.17, 15) is 9.50 Å². The second-order valence-electron chi connectivity index (χ2n) is 4.02. The molecule has 82 valence electrons. The van der Waals surface area contributed by atoms with Gasteiger partial charge in [-0.3, -0.25) is 9.88 Å². The van der Waals surface area contributed by atoms with E-state index in [4.69, 9.17) is 0 Å². The summed E-state index contributed by atoms with van der Waals surface area (Å²) in [6.45, 7) is 2.47. The average Bonchev–Trinajstić information content (AvgIpc) is 2.22. The molecule has 0 bridgehead atoms. The molecular weight excluding hydrogens is 195 g/mol. The van der Waals surface area contributed by atoms with E-state index in [0.717, 1.165) is 38.0 Å². The van der Waals surface area contributed by atoms with Gasteiger partial charge in [-0.05, 0) is 24.5 Å². The number of aliphatic hydroxyl groups is 1. The van der Waals surface area contributed by atoms with Crippen molar-refractivity contribution in [2.45, 2.75) is 25.5 Å². The zero-order valence-electron chi connectivity index (χ0n) is 8.56. The summed E-state index contributed by atoms with van der Waals surface area (Å²) >= 11 is 0. The topological polar surface area (TPSA) is 36.4 Å². The third-order valence-corrected chi connectivity index (χ3v) is 2.72. The van der Waals surface area contributed by atoms with Crippen molar-refractivity contribution in [3.05, 3.63) is 29.8 Å². The van der Waals surface area contributed by atoms with Crippen LogP contribution in [0.4, 0.5) is 4.39 Å². The molecule has 0 radical (unpaired) electrons. The van der Waals surface area contributed by atoms with E-state index in [1.807, 2.05) is 0 Å². The van der Waals surface area contributed by atoms with E-state index in [1.165, 1.54) is 12.3 Å². The second-order valence-corrected chi connectivity index (χ2v) is 4.02. The van der Waals surface area contributed by atoms with Crippen molar-refractivity contribution in [3.8, 4) is 0 Å². The lowest BCUT2D eigenvalue weighted by Crippen LogP contribution is -2.35. The van der Waals surface area contributed by atoms with Crippen molar-refractivity contribution in [3.63, 3.8) is 0 Å². The van der Waals surface area contributed by atoms with Crippen molar-refractivity contribution in [1.29, 1.82) is 0 Å². The van der Waals surface area contributed by atoms with Gasteiger partial charge < -0.3 is 5.11 Å². The Hall–Kier alpha value is -1.00. The molecule has 1 aromatic rings. The molecular formula is C11H15FN2O. The van der Waals surface area contributed by atoms with Crippen molar-refractivity contribution in [2.75, 3.05) is 13.1 Å². The zero-order chi connectivity index (χ0) is 10.7. The zero-order valence-corrected chi connectivity index (χ0v) is 8.56. The monoisotopic (exact) mass is 210 g/mol. The minimum Gasteiger partial charge on any atom is -0.393 e. The number of nitrogens with zero attached hydrogens (tertiary/aromatic N) is 2. The molecule has 1 aromatic heterocycles. The minimum atomic E-state index is -0.287.